The quantitative estimate of drug-likeness (QED) is 0.618. The molecule has 0 aliphatic heterocycles. The Morgan fingerprint density at radius 1 is 1.55 bits per heavy atom. The van der Waals surface area contributed by atoms with Gasteiger partial charge in [-0.15, -0.1) is 0 Å². The molecule has 0 aliphatic rings. The fraction of sp³-hybridized carbons (Fsp3) is 0.143. The lowest BCUT2D eigenvalue weighted by molar-refractivity contribution is 0.918. The van der Waals surface area contributed by atoms with Gasteiger partial charge in [-0.05, 0) is 28.1 Å². The van der Waals surface area contributed by atoms with Crippen LogP contribution in [0.4, 0.5) is 0 Å². The van der Waals surface area contributed by atoms with Gasteiger partial charge in [0.2, 0.25) is 0 Å². The first-order chi connectivity index (χ1) is 5.27. The summed E-state index contributed by atoms with van der Waals surface area (Å²) in [6.45, 7) is 0. The number of pyridine rings is 1. The van der Waals surface area contributed by atoms with Gasteiger partial charge in [0.05, 0.1) is 0 Å². The normalized spacial score (nSPS) is 10.7. The Bertz CT molecular complexity index is 393. The average Bonchev–Trinajstić information content (AvgIpc) is 2.33. The fourth-order valence-electron chi connectivity index (χ4n) is 0.928. The van der Waals surface area contributed by atoms with E-state index in [1.165, 1.54) is 0 Å². The number of aryl methyl sites for hydroxylation is 1. The Kier molecular flexibility index (Phi) is 1.42. The van der Waals surface area contributed by atoms with E-state index in [0.717, 1.165) is 15.8 Å². The van der Waals surface area contributed by atoms with Crippen LogP contribution in [0.5, 0.6) is 0 Å². The van der Waals surface area contributed by atoms with Crippen molar-refractivity contribution in [2.24, 2.45) is 7.05 Å². The van der Waals surface area contributed by atoms with E-state index in [1.54, 1.807) is 4.57 Å². The number of fused-ring (bicyclic) bond motifs is 1. The monoisotopic (exact) mass is 210 g/mol. The molecule has 2 aromatic heterocycles. The van der Waals surface area contributed by atoms with Crippen molar-refractivity contribution in [3.05, 3.63) is 23.1 Å². The van der Waals surface area contributed by atoms with Gasteiger partial charge in [0, 0.05) is 7.05 Å². The van der Waals surface area contributed by atoms with Crippen molar-refractivity contribution < 1.29 is 0 Å². The molecule has 0 unspecified atom stereocenters. The van der Waals surface area contributed by atoms with E-state index in [2.05, 4.69) is 32.2 Å². The van der Waals surface area contributed by atoms with Gasteiger partial charge >= 0.3 is 0 Å². The van der Waals surface area contributed by atoms with E-state index in [1.807, 2.05) is 19.2 Å². The standard InChI is InChI=1S/C7H5BrN3/c1-11-4-9-5-2-3-6(8)10-7(5)11/h2-3H,1H3. The van der Waals surface area contributed by atoms with E-state index in [-0.39, 0.29) is 0 Å². The second kappa shape index (κ2) is 2.30. The summed E-state index contributed by atoms with van der Waals surface area (Å²) in [6.07, 6.45) is 2.79. The Balaban J connectivity index is 2.87. The Morgan fingerprint density at radius 3 is 3.18 bits per heavy atom. The molecule has 11 heavy (non-hydrogen) atoms. The summed E-state index contributed by atoms with van der Waals surface area (Å²) in [6, 6.07) is 3.77. The topological polar surface area (TPSA) is 30.7 Å². The van der Waals surface area contributed by atoms with E-state index in [0.29, 0.717) is 0 Å². The number of imidazole rings is 1. The highest BCUT2D eigenvalue weighted by molar-refractivity contribution is 9.10. The minimum absolute atomic E-state index is 0.821. The van der Waals surface area contributed by atoms with Crippen LogP contribution in [0.25, 0.3) is 11.2 Å². The Hall–Kier alpha value is -0.900. The van der Waals surface area contributed by atoms with Crippen molar-refractivity contribution in [3.8, 4) is 0 Å². The summed E-state index contributed by atoms with van der Waals surface area (Å²) in [7, 11) is 1.87. The molecule has 0 aliphatic carbocycles. The molecule has 0 bridgehead atoms. The van der Waals surface area contributed by atoms with Gasteiger partial charge < -0.3 is 4.57 Å². The average molecular weight is 211 g/mol. The van der Waals surface area contributed by atoms with Crippen LogP contribution >= 0.6 is 15.9 Å². The van der Waals surface area contributed by atoms with E-state index < -0.39 is 0 Å². The number of rotatable bonds is 0. The number of halogens is 1. The summed E-state index contributed by atoms with van der Waals surface area (Å²) in [5.41, 5.74) is 1.72. The summed E-state index contributed by atoms with van der Waals surface area (Å²) in [5.74, 6) is 0. The van der Waals surface area contributed by atoms with Crippen LogP contribution in [0, 0.1) is 6.33 Å². The lowest BCUT2D eigenvalue weighted by Crippen LogP contribution is -1.87. The molecule has 0 N–H and O–H groups in total. The van der Waals surface area contributed by atoms with Crippen LogP contribution in [0.3, 0.4) is 0 Å². The molecule has 0 spiro atoms. The first kappa shape index (κ1) is 6.79. The van der Waals surface area contributed by atoms with E-state index in [9.17, 15) is 0 Å². The zero-order valence-electron chi connectivity index (χ0n) is 5.87. The van der Waals surface area contributed by atoms with Crippen LogP contribution in [-0.4, -0.2) is 14.5 Å². The molecular weight excluding hydrogens is 206 g/mol. The van der Waals surface area contributed by atoms with Crippen LogP contribution in [0.15, 0.2) is 16.7 Å². The predicted molar refractivity (Wildman–Crippen MR) is 45.0 cm³/mol. The summed E-state index contributed by atoms with van der Waals surface area (Å²) in [4.78, 5) is 8.24. The highest BCUT2D eigenvalue weighted by Gasteiger charge is 2.00. The van der Waals surface area contributed by atoms with Gasteiger partial charge in [-0.1, -0.05) is 0 Å². The second-order valence-corrected chi connectivity index (χ2v) is 3.06. The van der Waals surface area contributed by atoms with Crippen molar-refractivity contribution in [3.63, 3.8) is 0 Å². The third-order valence-corrected chi connectivity index (χ3v) is 1.90. The van der Waals surface area contributed by atoms with Gasteiger partial charge in [0.15, 0.2) is 12.0 Å². The summed E-state index contributed by atoms with van der Waals surface area (Å²) < 4.78 is 2.59. The lowest BCUT2D eigenvalue weighted by Gasteiger charge is -1.92. The molecule has 1 radical (unpaired) electrons. The molecule has 0 fully saturated rings. The van der Waals surface area contributed by atoms with Crippen LogP contribution < -0.4 is 0 Å². The number of nitrogens with zero attached hydrogens (tertiary/aromatic N) is 3. The van der Waals surface area contributed by atoms with Crippen LogP contribution in [-0.2, 0) is 7.05 Å². The van der Waals surface area contributed by atoms with Crippen molar-refractivity contribution in [1.29, 1.82) is 0 Å². The third kappa shape index (κ3) is 1.03. The van der Waals surface area contributed by atoms with Crippen molar-refractivity contribution in [2.45, 2.75) is 0 Å². The Labute approximate surface area is 72.2 Å². The van der Waals surface area contributed by atoms with E-state index in [4.69, 9.17) is 0 Å². The molecule has 2 heterocycles. The summed E-state index contributed by atoms with van der Waals surface area (Å²) in [5, 5.41) is 0. The fourth-order valence-corrected chi connectivity index (χ4v) is 1.23. The molecule has 0 atom stereocenters. The van der Waals surface area contributed by atoms with Gasteiger partial charge in [-0.25, -0.2) is 9.97 Å². The molecule has 2 aromatic rings. The van der Waals surface area contributed by atoms with E-state index >= 15 is 0 Å². The van der Waals surface area contributed by atoms with Gasteiger partial charge in [-0.2, -0.15) is 0 Å². The van der Waals surface area contributed by atoms with Gasteiger partial charge in [-0.3, -0.25) is 0 Å². The summed E-state index contributed by atoms with van der Waals surface area (Å²) >= 11 is 3.29. The van der Waals surface area contributed by atoms with Crippen molar-refractivity contribution in [1.82, 2.24) is 14.5 Å². The minimum Gasteiger partial charge on any atom is -0.309 e. The van der Waals surface area contributed by atoms with Gasteiger partial charge in [0.1, 0.15) is 10.1 Å². The zero-order valence-corrected chi connectivity index (χ0v) is 7.46. The van der Waals surface area contributed by atoms with Crippen molar-refractivity contribution in [2.75, 3.05) is 0 Å². The smallest absolute Gasteiger partial charge is 0.178 e. The predicted octanol–water partition coefficient (Wildman–Crippen LogP) is 1.53. The van der Waals surface area contributed by atoms with Crippen LogP contribution in [0.1, 0.15) is 0 Å². The van der Waals surface area contributed by atoms with Crippen molar-refractivity contribution >= 4 is 27.1 Å². The third-order valence-electron chi connectivity index (χ3n) is 1.46. The SMILES string of the molecule is Cn1[c]nc2ccc(Br)nc21. The largest absolute Gasteiger partial charge is 0.309 e. The van der Waals surface area contributed by atoms with Crippen LogP contribution in [0.2, 0.25) is 0 Å². The first-order valence-electron chi connectivity index (χ1n) is 3.14. The number of hydrogen-bond acceptors (Lipinski definition) is 2. The molecule has 0 amide bonds. The highest BCUT2D eigenvalue weighted by atomic mass is 79.9. The number of hydrogen-bond donors (Lipinski definition) is 0. The zero-order chi connectivity index (χ0) is 7.84. The molecule has 0 saturated heterocycles. The molecule has 0 saturated carbocycles. The molecule has 4 heteroatoms. The minimum atomic E-state index is 0.821. The second-order valence-electron chi connectivity index (χ2n) is 2.25. The first-order valence-corrected chi connectivity index (χ1v) is 3.93. The number of aromatic nitrogens is 3. The maximum atomic E-state index is 4.22. The maximum absolute atomic E-state index is 4.22. The lowest BCUT2D eigenvalue weighted by atomic mass is 10.4. The Morgan fingerprint density at radius 2 is 2.36 bits per heavy atom. The molecule has 3 nitrogen and oxygen atoms in total. The molecule has 2 rings (SSSR count). The van der Waals surface area contributed by atoms with Gasteiger partial charge in [0.25, 0.3) is 0 Å². The maximum Gasteiger partial charge on any atom is 0.178 e. The molecular formula is C7H5BrN3. The molecule has 55 valence electrons. The highest BCUT2D eigenvalue weighted by Crippen LogP contribution is 2.12. The molecule has 0 aromatic carbocycles.